The molecule has 0 aliphatic heterocycles. The van der Waals surface area contributed by atoms with Crippen LogP contribution in [0.5, 0.6) is 0 Å². The summed E-state index contributed by atoms with van der Waals surface area (Å²) in [6, 6.07) is 9.70. The van der Waals surface area contributed by atoms with Gasteiger partial charge in [-0.2, -0.15) is 0 Å². The fourth-order valence-corrected chi connectivity index (χ4v) is 3.10. The molecule has 0 radical (unpaired) electrons. The third-order valence-corrected chi connectivity index (χ3v) is 5.12. The van der Waals surface area contributed by atoms with Crippen molar-refractivity contribution in [2.75, 3.05) is 17.2 Å². The topological polar surface area (TPSA) is 117 Å². The lowest BCUT2D eigenvalue weighted by Gasteiger charge is -2.18. The number of rotatable bonds is 7. The van der Waals surface area contributed by atoms with Gasteiger partial charge < -0.3 is 10.6 Å². The summed E-state index contributed by atoms with van der Waals surface area (Å²) in [7, 11) is -3.70. The van der Waals surface area contributed by atoms with Gasteiger partial charge in [-0.15, -0.1) is 0 Å². The molecule has 1 aromatic heterocycles. The van der Waals surface area contributed by atoms with Gasteiger partial charge in [-0.25, -0.2) is 13.1 Å². The van der Waals surface area contributed by atoms with Crippen LogP contribution in [0.1, 0.15) is 27.2 Å². The summed E-state index contributed by atoms with van der Waals surface area (Å²) in [4.78, 5) is 27.9. The summed E-state index contributed by atoms with van der Waals surface area (Å²) in [5.74, 6) is -0.492. The van der Waals surface area contributed by atoms with E-state index >= 15 is 0 Å². The monoisotopic (exact) mass is 404 g/mol. The van der Waals surface area contributed by atoms with Crippen LogP contribution in [-0.4, -0.2) is 31.8 Å². The van der Waals surface area contributed by atoms with Gasteiger partial charge in [-0.3, -0.25) is 14.6 Å². The smallest absolute Gasteiger partial charge is 0.242 e. The molecule has 0 saturated carbocycles. The Bertz CT molecular complexity index is 938. The highest BCUT2D eigenvalue weighted by molar-refractivity contribution is 7.89. The molecule has 8 nitrogen and oxygen atoms in total. The third-order valence-electron chi connectivity index (χ3n) is 3.67. The normalized spacial score (nSPS) is 11.7. The number of benzene rings is 1. The minimum absolute atomic E-state index is 0.0395. The number of pyridine rings is 1. The first-order valence-electron chi connectivity index (χ1n) is 8.69. The molecule has 0 aliphatic rings. The maximum Gasteiger partial charge on any atom is 0.242 e. The van der Waals surface area contributed by atoms with Gasteiger partial charge in [-0.1, -0.05) is 26.8 Å². The van der Waals surface area contributed by atoms with Gasteiger partial charge in [0.05, 0.1) is 0 Å². The number of anilines is 2. The fraction of sp³-hybridized carbons (Fsp3) is 0.316. The average Bonchev–Trinajstić information content (AvgIpc) is 2.62. The van der Waals surface area contributed by atoms with Crippen LogP contribution in [0, 0.1) is 5.41 Å². The van der Waals surface area contributed by atoms with E-state index in [0.717, 1.165) is 0 Å². The van der Waals surface area contributed by atoms with E-state index in [9.17, 15) is 18.0 Å². The quantitative estimate of drug-likeness (QED) is 0.655. The Hall–Kier alpha value is -2.78. The molecule has 0 spiro atoms. The largest absolute Gasteiger partial charge is 0.326 e. The van der Waals surface area contributed by atoms with Crippen molar-refractivity contribution in [3.05, 3.63) is 48.8 Å². The van der Waals surface area contributed by atoms with Crippen molar-refractivity contribution in [2.45, 2.75) is 32.1 Å². The summed E-state index contributed by atoms with van der Waals surface area (Å²) in [5.41, 5.74) is 0.534. The number of nitrogens with one attached hydrogen (secondary N) is 3. The van der Waals surface area contributed by atoms with Crippen LogP contribution in [0.25, 0.3) is 0 Å². The lowest BCUT2D eigenvalue weighted by atomic mass is 9.95. The summed E-state index contributed by atoms with van der Waals surface area (Å²) in [5, 5.41) is 5.47. The number of nitrogens with zero attached hydrogens (tertiary/aromatic N) is 1. The number of sulfonamides is 1. The average molecular weight is 404 g/mol. The van der Waals surface area contributed by atoms with E-state index in [2.05, 4.69) is 20.3 Å². The molecule has 150 valence electrons. The zero-order valence-electron chi connectivity index (χ0n) is 16.0. The van der Waals surface area contributed by atoms with Gasteiger partial charge in [0.1, 0.15) is 4.90 Å². The van der Waals surface area contributed by atoms with E-state index in [1.54, 1.807) is 45.0 Å². The molecule has 0 atom stereocenters. The summed E-state index contributed by atoms with van der Waals surface area (Å²) in [6.45, 7) is 5.37. The highest BCUT2D eigenvalue weighted by Crippen LogP contribution is 2.20. The first-order valence-corrected chi connectivity index (χ1v) is 10.2. The van der Waals surface area contributed by atoms with Crippen molar-refractivity contribution >= 4 is 33.2 Å². The standard InChI is InChI=1S/C19H24N4O4S/c1-19(2,3)18(25)23-15-7-4-6-14(12-15)22-17(24)9-11-21-28(26,27)16-8-5-10-20-13-16/h4-8,10,12-13,21H,9,11H2,1-3H3,(H,22,24)(H,23,25). The number of hydrogen-bond acceptors (Lipinski definition) is 5. The molecule has 0 fully saturated rings. The van der Waals surface area contributed by atoms with Crippen molar-refractivity contribution in [3.8, 4) is 0 Å². The van der Waals surface area contributed by atoms with E-state index in [1.165, 1.54) is 24.5 Å². The molecule has 2 rings (SSSR count). The second kappa shape index (κ2) is 8.94. The first kappa shape index (κ1) is 21.5. The molecular weight excluding hydrogens is 380 g/mol. The van der Waals surface area contributed by atoms with Crippen molar-refractivity contribution < 1.29 is 18.0 Å². The van der Waals surface area contributed by atoms with E-state index in [4.69, 9.17) is 0 Å². The van der Waals surface area contributed by atoms with Crippen molar-refractivity contribution in [2.24, 2.45) is 5.41 Å². The van der Waals surface area contributed by atoms with Crippen LogP contribution >= 0.6 is 0 Å². The molecule has 3 N–H and O–H groups in total. The zero-order chi connectivity index (χ0) is 20.8. The highest BCUT2D eigenvalue weighted by atomic mass is 32.2. The van der Waals surface area contributed by atoms with Gasteiger partial charge in [0.25, 0.3) is 0 Å². The Labute approximate surface area is 164 Å². The maximum absolute atomic E-state index is 12.1. The van der Waals surface area contributed by atoms with Gasteiger partial charge in [-0.05, 0) is 30.3 Å². The SMILES string of the molecule is CC(C)(C)C(=O)Nc1cccc(NC(=O)CCNS(=O)(=O)c2cccnc2)c1. The Morgan fingerprint density at radius 3 is 2.32 bits per heavy atom. The molecule has 1 aromatic carbocycles. The number of carbonyl (C=O) groups is 2. The lowest BCUT2D eigenvalue weighted by Crippen LogP contribution is -2.28. The van der Waals surface area contributed by atoms with Crippen LogP contribution in [0.2, 0.25) is 0 Å². The van der Waals surface area contributed by atoms with Gasteiger partial charge >= 0.3 is 0 Å². The molecule has 0 saturated heterocycles. The summed E-state index contributed by atoms with van der Waals surface area (Å²) in [6.07, 6.45) is 2.67. The second-order valence-corrected chi connectivity index (χ2v) is 8.94. The molecular formula is C19H24N4O4S. The fourth-order valence-electron chi connectivity index (χ4n) is 2.11. The number of amides is 2. The van der Waals surface area contributed by atoms with Crippen LogP contribution in [0.3, 0.4) is 0 Å². The van der Waals surface area contributed by atoms with Crippen LogP contribution < -0.4 is 15.4 Å². The van der Waals surface area contributed by atoms with Gasteiger partial charge in [0.15, 0.2) is 0 Å². The van der Waals surface area contributed by atoms with Crippen molar-refractivity contribution in [3.63, 3.8) is 0 Å². The molecule has 0 bridgehead atoms. The van der Waals surface area contributed by atoms with Gasteiger partial charge in [0, 0.05) is 42.1 Å². The van der Waals surface area contributed by atoms with E-state index in [0.29, 0.717) is 11.4 Å². The Morgan fingerprint density at radius 2 is 1.71 bits per heavy atom. The van der Waals surface area contributed by atoms with Gasteiger partial charge in [0.2, 0.25) is 21.8 Å². The minimum atomic E-state index is -3.70. The number of carbonyl (C=O) groups excluding carboxylic acids is 2. The van der Waals surface area contributed by atoms with Crippen molar-refractivity contribution in [1.29, 1.82) is 0 Å². The predicted molar refractivity (Wildman–Crippen MR) is 107 cm³/mol. The molecule has 28 heavy (non-hydrogen) atoms. The third kappa shape index (κ3) is 6.43. The summed E-state index contributed by atoms with van der Waals surface area (Å²) < 4.78 is 26.5. The van der Waals surface area contributed by atoms with Crippen LogP contribution in [0.4, 0.5) is 11.4 Å². The Balaban J connectivity index is 1.88. The lowest BCUT2D eigenvalue weighted by molar-refractivity contribution is -0.123. The number of hydrogen-bond donors (Lipinski definition) is 3. The predicted octanol–water partition coefficient (Wildman–Crippen LogP) is 2.37. The van der Waals surface area contributed by atoms with Crippen LogP contribution in [-0.2, 0) is 19.6 Å². The molecule has 1 heterocycles. The second-order valence-electron chi connectivity index (χ2n) is 7.17. The molecule has 2 aromatic rings. The Kier molecular flexibility index (Phi) is 6.87. The minimum Gasteiger partial charge on any atom is -0.326 e. The van der Waals surface area contributed by atoms with E-state index in [1.807, 2.05) is 0 Å². The van der Waals surface area contributed by atoms with Crippen molar-refractivity contribution in [1.82, 2.24) is 9.71 Å². The number of aromatic nitrogens is 1. The maximum atomic E-state index is 12.1. The van der Waals surface area contributed by atoms with Crippen LogP contribution in [0.15, 0.2) is 53.7 Å². The first-order chi connectivity index (χ1) is 13.1. The molecule has 2 amide bonds. The van der Waals surface area contributed by atoms with E-state index < -0.39 is 15.4 Å². The molecule has 9 heteroatoms. The summed E-state index contributed by atoms with van der Waals surface area (Å²) >= 11 is 0. The molecule has 0 aliphatic carbocycles. The van der Waals surface area contributed by atoms with E-state index in [-0.39, 0.29) is 29.7 Å². The Morgan fingerprint density at radius 1 is 1.04 bits per heavy atom. The molecule has 0 unspecified atom stereocenters. The zero-order valence-corrected chi connectivity index (χ0v) is 16.8. The highest BCUT2D eigenvalue weighted by Gasteiger charge is 2.21.